The molecular weight excluding hydrogens is 316 g/mol. The van der Waals surface area contributed by atoms with Crippen LogP contribution in [0.1, 0.15) is 16.1 Å². The van der Waals surface area contributed by atoms with Crippen LogP contribution in [0.2, 0.25) is 0 Å². The van der Waals surface area contributed by atoms with Crippen molar-refractivity contribution in [3.05, 3.63) is 56.2 Å². The quantitative estimate of drug-likeness (QED) is 0.691. The monoisotopic (exact) mass is 324 g/mol. The molecule has 1 aromatic heterocycles. The van der Waals surface area contributed by atoms with Crippen molar-refractivity contribution < 1.29 is 14.1 Å². The summed E-state index contributed by atoms with van der Waals surface area (Å²) < 4.78 is 5.64. The second-order valence-corrected chi connectivity index (χ2v) is 4.78. The van der Waals surface area contributed by atoms with Crippen molar-refractivity contribution in [1.29, 1.82) is 0 Å². The van der Waals surface area contributed by atoms with Gasteiger partial charge in [0.1, 0.15) is 4.92 Å². The Morgan fingerprint density at radius 1 is 1.37 bits per heavy atom. The average molecular weight is 325 g/mol. The predicted octanol–water partition coefficient (Wildman–Crippen LogP) is 3.51. The van der Waals surface area contributed by atoms with Gasteiger partial charge in [-0.2, -0.15) is 0 Å². The first-order valence-electron chi connectivity index (χ1n) is 5.28. The van der Waals surface area contributed by atoms with Crippen LogP contribution in [-0.4, -0.2) is 10.8 Å². The summed E-state index contributed by atoms with van der Waals surface area (Å²) in [6.45, 7) is 1.89. The van der Waals surface area contributed by atoms with E-state index in [1.54, 1.807) is 12.1 Å². The highest BCUT2D eigenvalue weighted by Crippen LogP contribution is 2.21. The summed E-state index contributed by atoms with van der Waals surface area (Å²) in [6.07, 6.45) is 0. The zero-order valence-corrected chi connectivity index (χ0v) is 11.4. The highest BCUT2D eigenvalue weighted by molar-refractivity contribution is 9.10. The number of nitrogens with one attached hydrogen (secondary N) is 1. The Hall–Kier alpha value is -2.15. The Morgan fingerprint density at radius 2 is 2.11 bits per heavy atom. The number of carbonyl (C=O) groups excluding carboxylic acids is 1. The molecule has 0 saturated heterocycles. The highest BCUT2D eigenvalue weighted by atomic mass is 79.9. The average Bonchev–Trinajstić information content (AvgIpc) is 2.76. The third-order valence-electron chi connectivity index (χ3n) is 2.30. The van der Waals surface area contributed by atoms with Crippen LogP contribution in [0, 0.1) is 17.0 Å². The second kappa shape index (κ2) is 5.23. The van der Waals surface area contributed by atoms with Gasteiger partial charge in [-0.1, -0.05) is 15.9 Å². The maximum absolute atomic E-state index is 11.8. The van der Waals surface area contributed by atoms with Crippen molar-refractivity contribution in [1.82, 2.24) is 0 Å². The van der Waals surface area contributed by atoms with Gasteiger partial charge in [0.05, 0.1) is 6.07 Å². The zero-order valence-electron chi connectivity index (χ0n) is 9.84. The second-order valence-electron chi connectivity index (χ2n) is 3.87. The molecule has 98 valence electrons. The van der Waals surface area contributed by atoms with E-state index in [2.05, 4.69) is 21.2 Å². The van der Waals surface area contributed by atoms with Gasteiger partial charge in [-0.3, -0.25) is 14.9 Å². The van der Waals surface area contributed by atoms with Crippen molar-refractivity contribution in [3.8, 4) is 0 Å². The summed E-state index contributed by atoms with van der Waals surface area (Å²) in [7, 11) is 0. The third kappa shape index (κ3) is 3.19. The van der Waals surface area contributed by atoms with Crippen molar-refractivity contribution in [2.75, 3.05) is 5.32 Å². The lowest BCUT2D eigenvalue weighted by atomic mass is 10.2. The lowest BCUT2D eigenvalue weighted by Gasteiger charge is -2.05. The lowest BCUT2D eigenvalue weighted by molar-refractivity contribution is -0.402. The summed E-state index contributed by atoms with van der Waals surface area (Å²) in [5, 5.41) is 13.1. The van der Waals surface area contributed by atoms with Gasteiger partial charge in [0.2, 0.25) is 0 Å². The molecule has 1 N–H and O–H groups in total. The van der Waals surface area contributed by atoms with Gasteiger partial charge in [-0.25, -0.2) is 0 Å². The molecular formula is C12H9BrN2O4. The van der Waals surface area contributed by atoms with Crippen molar-refractivity contribution in [3.63, 3.8) is 0 Å². The molecule has 1 aromatic carbocycles. The molecule has 0 aliphatic rings. The first-order chi connectivity index (χ1) is 8.95. The van der Waals surface area contributed by atoms with E-state index in [9.17, 15) is 14.9 Å². The minimum absolute atomic E-state index is 0.107. The number of hydrogen-bond acceptors (Lipinski definition) is 4. The number of nitro groups is 1. The van der Waals surface area contributed by atoms with E-state index in [0.717, 1.165) is 16.1 Å². The first kappa shape index (κ1) is 13.3. The number of carbonyl (C=O) groups is 1. The molecule has 1 amide bonds. The number of anilines is 1. The standard InChI is InChI=1S/C12H9BrN2O4/c1-7-4-8(13)6-9(5-7)14-12(16)10-2-3-11(19-10)15(17)18/h2-6H,1H3,(H,14,16). The molecule has 2 rings (SSSR count). The van der Waals surface area contributed by atoms with E-state index in [4.69, 9.17) is 4.42 Å². The fourth-order valence-electron chi connectivity index (χ4n) is 1.55. The molecule has 0 atom stereocenters. The van der Waals surface area contributed by atoms with Crippen LogP contribution in [0.25, 0.3) is 0 Å². The van der Waals surface area contributed by atoms with Crippen molar-refractivity contribution >= 4 is 33.4 Å². The molecule has 1 heterocycles. The number of furan rings is 1. The number of rotatable bonds is 3. The van der Waals surface area contributed by atoms with E-state index < -0.39 is 16.7 Å². The first-order valence-corrected chi connectivity index (χ1v) is 6.08. The van der Waals surface area contributed by atoms with E-state index in [1.807, 2.05) is 13.0 Å². The normalized spacial score (nSPS) is 10.2. The summed E-state index contributed by atoms with van der Waals surface area (Å²) in [5.41, 5.74) is 1.55. The Balaban J connectivity index is 2.18. The summed E-state index contributed by atoms with van der Waals surface area (Å²) in [6, 6.07) is 7.80. The molecule has 0 bridgehead atoms. The number of benzene rings is 1. The molecule has 0 spiro atoms. The van der Waals surface area contributed by atoms with Crippen LogP contribution in [0.3, 0.4) is 0 Å². The highest BCUT2D eigenvalue weighted by Gasteiger charge is 2.17. The number of hydrogen-bond donors (Lipinski definition) is 1. The van der Waals surface area contributed by atoms with Crippen molar-refractivity contribution in [2.24, 2.45) is 0 Å². The Kier molecular flexibility index (Phi) is 3.66. The molecule has 2 aromatic rings. The predicted molar refractivity (Wildman–Crippen MR) is 72.2 cm³/mol. The SMILES string of the molecule is Cc1cc(Br)cc(NC(=O)c2ccc([N+](=O)[O-])o2)c1. The maximum atomic E-state index is 11.8. The van der Waals surface area contributed by atoms with Crippen LogP contribution >= 0.6 is 15.9 Å². The van der Waals surface area contributed by atoms with Gasteiger partial charge in [0.25, 0.3) is 5.91 Å². The summed E-state index contributed by atoms with van der Waals surface area (Å²) in [4.78, 5) is 21.6. The van der Waals surface area contributed by atoms with Gasteiger partial charge >= 0.3 is 5.88 Å². The number of amides is 1. The minimum atomic E-state index is -0.694. The van der Waals surface area contributed by atoms with Gasteiger partial charge in [0.15, 0.2) is 5.76 Å². The van der Waals surface area contributed by atoms with Crippen LogP contribution in [0.4, 0.5) is 11.6 Å². The molecule has 7 heteroatoms. The molecule has 0 aliphatic heterocycles. The van der Waals surface area contributed by atoms with Crippen LogP contribution in [-0.2, 0) is 0 Å². The Labute approximate surface area is 116 Å². The zero-order chi connectivity index (χ0) is 14.0. The molecule has 0 aliphatic carbocycles. The number of aryl methyl sites for hydroxylation is 1. The van der Waals surface area contributed by atoms with Gasteiger partial charge in [-0.15, -0.1) is 0 Å². The van der Waals surface area contributed by atoms with Crippen LogP contribution in [0.15, 0.2) is 39.2 Å². The van der Waals surface area contributed by atoms with Crippen LogP contribution in [0.5, 0.6) is 0 Å². The fraction of sp³-hybridized carbons (Fsp3) is 0.0833. The molecule has 19 heavy (non-hydrogen) atoms. The smallest absolute Gasteiger partial charge is 0.395 e. The number of nitrogens with zero attached hydrogens (tertiary/aromatic N) is 1. The fourth-order valence-corrected chi connectivity index (χ4v) is 2.16. The molecule has 0 radical (unpaired) electrons. The van der Waals surface area contributed by atoms with E-state index in [-0.39, 0.29) is 5.76 Å². The molecule has 6 nitrogen and oxygen atoms in total. The van der Waals surface area contributed by atoms with E-state index in [0.29, 0.717) is 5.69 Å². The van der Waals surface area contributed by atoms with E-state index in [1.165, 1.54) is 6.07 Å². The van der Waals surface area contributed by atoms with Gasteiger partial charge in [-0.05, 0) is 36.8 Å². The molecule has 0 unspecified atom stereocenters. The Bertz CT molecular complexity index is 631. The topological polar surface area (TPSA) is 85.4 Å². The lowest BCUT2D eigenvalue weighted by Crippen LogP contribution is -2.10. The Morgan fingerprint density at radius 3 is 2.68 bits per heavy atom. The third-order valence-corrected chi connectivity index (χ3v) is 2.75. The molecule has 0 saturated carbocycles. The number of halogens is 1. The minimum Gasteiger partial charge on any atom is -0.395 e. The summed E-state index contributed by atoms with van der Waals surface area (Å²) in [5.74, 6) is -1.11. The van der Waals surface area contributed by atoms with Crippen molar-refractivity contribution in [2.45, 2.75) is 6.92 Å². The summed E-state index contributed by atoms with van der Waals surface area (Å²) >= 11 is 3.32. The van der Waals surface area contributed by atoms with Gasteiger partial charge in [0, 0.05) is 10.2 Å². The maximum Gasteiger partial charge on any atom is 0.433 e. The molecule has 0 fully saturated rings. The van der Waals surface area contributed by atoms with E-state index >= 15 is 0 Å². The van der Waals surface area contributed by atoms with Gasteiger partial charge < -0.3 is 9.73 Å². The largest absolute Gasteiger partial charge is 0.433 e. The van der Waals surface area contributed by atoms with Crippen LogP contribution < -0.4 is 5.32 Å².